The molecule has 5 heteroatoms. The fourth-order valence-corrected chi connectivity index (χ4v) is 3.89. The first-order valence-electron chi connectivity index (χ1n) is 7.46. The SMILES string of the molecule is Cc1cc(C)cc([C@H](C)[C@@H](C)OS(=O)(=O)c2ccc(Br)cc2)c1. The van der Waals surface area contributed by atoms with E-state index in [1.54, 1.807) is 19.1 Å². The van der Waals surface area contributed by atoms with Crippen LogP contribution in [0.5, 0.6) is 0 Å². The monoisotopic (exact) mass is 396 g/mol. The van der Waals surface area contributed by atoms with Gasteiger partial charge in [-0.1, -0.05) is 52.2 Å². The van der Waals surface area contributed by atoms with E-state index >= 15 is 0 Å². The smallest absolute Gasteiger partial charge is 0.263 e. The first-order chi connectivity index (χ1) is 10.7. The zero-order valence-corrected chi connectivity index (χ0v) is 16.1. The Morgan fingerprint density at radius 1 is 0.957 bits per heavy atom. The average Bonchev–Trinajstić information content (AvgIpc) is 2.45. The lowest BCUT2D eigenvalue weighted by molar-refractivity contribution is 0.203. The second kappa shape index (κ2) is 7.16. The molecular formula is C18H21BrO3S. The van der Waals surface area contributed by atoms with Crippen LogP contribution in [0.25, 0.3) is 0 Å². The summed E-state index contributed by atoms with van der Waals surface area (Å²) < 4.78 is 31.0. The summed E-state index contributed by atoms with van der Waals surface area (Å²) in [4.78, 5) is 0.167. The highest BCUT2D eigenvalue weighted by atomic mass is 79.9. The molecule has 2 rings (SSSR count). The minimum atomic E-state index is -3.77. The summed E-state index contributed by atoms with van der Waals surface area (Å²) in [6, 6.07) is 12.7. The molecule has 0 aromatic heterocycles. The highest BCUT2D eigenvalue weighted by Gasteiger charge is 2.24. The van der Waals surface area contributed by atoms with Gasteiger partial charge < -0.3 is 0 Å². The van der Waals surface area contributed by atoms with E-state index in [9.17, 15) is 8.42 Å². The van der Waals surface area contributed by atoms with Gasteiger partial charge in [0.25, 0.3) is 10.1 Å². The number of benzene rings is 2. The van der Waals surface area contributed by atoms with Crippen LogP contribution in [-0.2, 0) is 14.3 Å². The molecule has 2 atom stereocenters. The van der Waals surface area contributed by atoms with E-state index in [0.29, 0.717) is 0 Å². The Morgan fingerprint density at radius 2 is 1.48 bits per heavy atom. The molecule has 0 aliphatic rings. The van der Waals surface area contributed by atoms with Crippen LogP contribution in [0.15, 0.2) is 51.8 Å². The molecule has 0 spiro atoms. The van der Waals surface area contributed by atoms with E-state index in [1.165, 1.54) is 12.1 Å². The van der Waals surface area contributed by atoms with Crippen LogP contribution in [-0.4, -0.2) is 14.5 Å². The predicted octanol–water partition coefficient (Wildman–Crippen LogP) is 4.96. The molecular weight excluding hydrogens is 376 g/mol. The zero-order chi connectivity index (χ0) is 17.2. The predicted molar refractivity (Wildman–Crippen MR) is 96.2 cm³/mol. The van der Waals surface area contributed by atoms with Gasteiger partial charge in [-0.3, -0.25) is 4.18 Å². The van der Waals surface area contributed by atoms with Crippen molar-refractivity contribution >= 4 is 26.0 Å². The average molecular weight is 397 g/mol. The maximum Gasteiger partial charge on any atom is 0.297 e. The van der Waals surface area contributed by atoms with Gasteiger partial charge in [0.15, 0.2) is 0 Å². The minimum absolute atomic E-state index is 0.0289. The van der Waals surface area contributed by atoms with Crippen LogP contribution >= 0.6 is 15.9 Å². The van der Waals surface area contributed by atoms with E-state index in [1.807, 2.05) is 20.8 Å². The summed E-state index contributed by atoms with van der Waals surface area (Å²) in [6.45, 7) is 7.84. The van der Waals surface area contributed by atoms with Crippen molar-refractivity contribution in [3.05, 3.63) is 63.6 Å². The van der Waals surface area contributed by atoms with Crippen LogP contribution in [0.2, 0.25) is 0 Å². The van der Waals surface area contributed by atoms with Gasteiger partial charge in [-0.2, -0.15) is 8.42 Å². The Bertz CT molecular complexity index is 762. The summed E-state index contributed by atoms with van der Waals surface area (Å²) in [7, 11) is -3.77. The fraction of sp³-hybridized carbons (Fsp3) is 0.333. The maximum absolute atomic E-state index is 12.4. The normalized spacial score (nSPS) is 14.5. The van der Waals surface area contributed by atoms with Gasteiger partial charge in [0.05, 0.1) is 11.0 Å². The third-order valence-electron chi connectivity index (χ3n) is 3.85. The van der Waals surface area contributed by atoms with Gasteiger partial charge in [0.2, 0.25) is 0 Å². The molecule has 0 saturated carbocycles. The molecule has 0 N–H and O–H groups in total. The van der Waals surface area contributed by atoms with Crippen LogP contribution < -0.4 is 0 Å². The van der Waals surface area contributed by atoms with Crippen LogP contribution in [0.4, 0.5) is 0 Å². The third kappa shape index (κ3) is 4.66. The Labute approximate surface area is 146 Å². The molecule has 0 aliphatic heterocycles. The van der Waals surface area contributed by atoms with Crippen LogP contribution in [0.3, 0.4) is 0 Å². The first kappa shape index (κ1) is 18.2. The minimum Gasteiger partial charge on any atom is -0.263 e. The number of hydrogen-bond donors (Lipinski definition) is 0. The van der Waals surface area contributed by atoms with Crippen LogP contribution in [0, 0.1) is 13.8 Å². The van der Waals surface area contributed by atoms with Crippen molar-refractivity contribution in [3.8, 4) is 0 Å². The Morgan fingerprint density at radius 3 is 2.00 bits per heavy atom. The molecule has 2 aromatic rings. The molecule has 23 heavy (non-hydrogen) atoms. The number of hydrogen-bond acceptors (Lipinski definition) is 3. The molecule has 0 aliphatic carbocycles. The lowest BCUT2D eigenvalue weighted by Crippen LogP contribution is -2.21. The van der Waals surface area contributed by atoms with Gasteiger partial charge in [-0.25, -0.2) is 0 Å². The highest BCUT2D eigenvalue weighted by Crippen LogP contribution is 2.27. The second-order valence-corrected chi connectivity index (χ2v) is 8.41. The van der Waals surface area contributed by atoms with Crippen LogP contribution in [0.1, 0.15) is 36.5 Å². The fourth-order valence-electron chi connectivity index (χ4n) is 2.48. The quantitative estimate of drug-likeness (QED) is 0.670. The molecule has 0 heterocycles. The van der Waals surface area contributed by atoms with E-state index in [2.05, 4.69) is 34.1 Å². The van der Waals surface area contributed by atoms with E-state index in [-0.39, 0.29) is 10.8 Å². The van der Waals surface area contributed by atoms with Gasteiger partial charge in [-0.05, 0) is 50.6 Å². The Balaban J connectivity index is 2.19. The van der Waals surface area contributed by atoms with Crippen molar-refractivity contribution in [2.24, 2.45) is 0 Å². The lowest BCUT2D eigenvalue weighted by Gasteiger charge is -2.21. The van der Waals surface area contributed by atoms with Gasteiger partial charge >= 0.3 is 0 Å². The van der Waals surface area contributed by atoms with Crippen molar-refractivity contribution < 1.29 is 12.6 Å². The topological polar surface area (TPSA) is 43.4 Å². The molecule has 0 radical (unpaired) electrons. The van der Waals surface area contributed by atoms with E-state index in [4.69, 9.17) is 4.18 Å². The van der Waals surface area contributed by atoms with E-state index in [0.717, 1.165) is 21.2 Å². The Kier molecular flexibility index (Phi) is 5.65. The summed E-state index contributed by atoms with van der Waals surface area (Å²) in [6.07, 6.45) is -0.454. The largest absolute Gasteiger partial charge is 0.297 e. The Hall–Kier alpha value is -1.17. The summed E-state index contributed by atoms with van der Waals surface area (Å²) in [5.41, 5.74) is 3.41. The molecule has 0 saturated heterocycles. The number of halogens is 1. The summed E-state index contributed by atoms with van der Waals surface area (Å²) in [5, 5.41) is 0. The third-order valence-corrected chi connectivity index (χ3v) is 5.79. The molecule has 0 unspecified atom stereocenters. The molecule has 0 fully saturated rings. The molecule has 3 nitrogen and oxygen atoms in total. The first-order valence-corrected chi connectivity index (χ1v) is 9.66. The molecule has 124 valence electrons. The standard InChI is InChI=1S/C18H21BrO3S/c1-12-9-13(2)11-16(10-12)14(3)15(4)22-23(20,21)18-7-5-17(19)6-8-18/h5-11,14-15H,1-4H3/t14-,15-/m1/s1. The molecule has 0 bridgehead atoms. The van der Waals surface area contributed by atoms with Gasteiger partial charge in [0, 0.05) is 10.4 Å². The molecule has 2 aromatic carbocycles. The summed E-state index contributed by atoms with van der Waals surface area (Å²) in [5.74, 6) is -0.0289. The van der Waals surface area contributed by atoms with E-state index < -0.39 is 16.2 Å². The van der Waals surface area contributed by atoms with Crippen molar-refractivity contribution in [2.45, 2.75) is 44.6 Å². The second-order valence-electron chi connectivity index (χ2n) is 5.92. The van der Waals surface area contributed by atoms with Crippen molar-refractivity contribution in [2.75, 3.05) is 0 Å². The summed E-state index contributed by atoms with van der Waals surface area (Å²) >= 11 is 3.29. The maximum atomic E-state index is 12.4. The molecule has 0 amide bonds. The zero-order valence-electron chi connectivity index (χ0n) is 13.7. The number of aryl methyl sites for hydroxylation is 2. The van der Waals surface area contributed by atoms with Crippen molar-refractivity contribution in [1.82, 2.24) is 0 Å². The van der Waals surface area contributed by atoms with Crippen molar-refractivity contribution in [3.63, 3.8) is 0 Å². The van der Waals surface area contributed by atoms with Gasteiger partial charge in [0.1, 0.15) is 0 Å². The lowest BCUT2D eigenvalue weighted by atomic mass is 9.93. The van der Waals surface area contributed by atoms with Crippen molar-refractivity contribution in [1.29, 1.82) is 0 Å². The number of rotatable bonds is 5. The van der Waals surface area contributed by atoms with Gasteiger partial charge in [-0.15, -0.1) is 0 Å². The highest BCUT2D eigenvalue weighted by molar-refractivity contribution is 9.10.